The Labute approximate surface area is 112 Å². The van der Waals surface area contributed by atoms with Crippen LogP contribution < -0.4 is 5.32 Å². The third-order valence-electron chi connectivity index (χ3n) is 3.16. The average Bonchev–Trinajstić information content (AvgIpc) is 2.81. The van der Waals surface area contributed by atoms with Gasteiger partial charge in [0, 0.05) is 6.04 Å². The molecule has 0 aliphatic carbocycles. The van der Waals surface area contributed by atoms with Crippen molar-refractivity contribution in [1.82, 2.24) is 9.97 Å². The first kappa shape index (κ1) is 11.8. The van der Waals surface area contributed by atoms with Crippen LogP contribution in [0.4, 0.5) is 5.95 Å². The third-order valence-corrected chi connectivity index (χ3v) is 3.16. The molecule has 0 fully saturated rings. The summed E-state index contributed by atoms with van der Waals surface area (Å²) in [7, 11) is 0. The number of hydrogen-bond donors (Lipinski definition) is 2. The van der Waals surface area contributed by atoms with Crippen molar-refractivity contribution in [1.29, 1.82) is 0 Å². The van der Waals surface area contributed by atoms with Gasteiger partial charge in [0.15, 0.2) is 0 Å². The van der Waals surface area contributed by atoms with Crippen LogP contribution in [-0.4, -0.2) is 16.0 Å². The molecule has 0 aliphatic heterocycles. The first-order valence-electron chi connectivity index (χ1n) is 6.56. The zero-order chi connectivity index (χ0) is 13.1. The lowest BCUT2D eigenvalue weighted by Gasteiger charge is -2.12. The number of nitrogens with one attached hydrogen (secondary N) is 2. The van der Waals surface area contributed by atoms with Gasteiger partial charge in [0.25, 0.3) is 0 Å². The van der Waals surface area contributed by atoms with E-state index < -0.39 is 0 Å². The number of hydrogen-bond acceptors (Lipinski definition) is 2. The summed E-state index contributed by atoms with van der Waals surface area (Å²) in [5.74, 6) is 0.838. The normalized spacial score (nSPS) is 12.5. The summed E-state index contributed by atoms with van der Waals surface area (Å²) in [5, 5.41) is 3.41. The van der Waals surface area contributed by atoms with E-state index in [0.717, 1.165) is 23.4 Å². The van der Waals surface area contributed by atoms with Crippen LogP contribution >= 0.6 is 0 Å². The highest BCUT2D eigenvalue weighted by Crippen LogP contribution is 2.14. The van der Waals surface area contributed by atoms with E-state index in [1.165, 1.54) is 5.56 Å². The third kappa shape index (κ3) is 2.76. The number of nitrogens with zero attached hydrogens (tertiary/aromatic N) is 1. The number of anilines is 1. The van der Waals surface area contributed by atoms with Crippen molar-refractivity contribution in [3.05, 3.63) is 60.2 Å². The quantitative estimate of drug-likeness (QED) is 0.743. The largest absolute Gasteiger partial charge is 0.353 e. The maximum absolute atomic E-state index is 4.53. The molecule has 1 unspecified atom stereocenters. The minimum Gasteiger partial charge on any atom is -0.353 e. The molecule has 96 valence electrons. The van der Waals surface area contributed by atoms with Crippen LogP contribution in [0.15, 0.2) is 54.6 Å². The van der Waals surface area contributed by atoms with Crippen molar-refractivity contribution in [3.63, 3.8) is 0 Å². The van der Waals surface area contributed by atoms with E-state index in [1.54, 1.807) is 0 Å². The molecule has 0 saturated carbocycles. The summed E-state index contributed by atoms with van der Waals surface area (Å²) < 4.78 is 0. The fourth-order valence-corrected chi connectivity index (χ4v) is 2.27. The SMILES string of the molecule is CC(Cc1ccccc1)Nc1nc2ccccc2[nH]1. The number of H-pyrrole nitrogens is 1. The lowest BCUT2D eigenvalue weighted by molar-refractivity contribution is 0.781. The van der Waals surface area contributed by atoms with Crippen molar-refractivity contribution in [2.24, 2.45) is 0 Å². The van der Waals surface area contributed by atoms with E-state index in [4.69, 9.17) is 0 Å². The molecule has 0 saturated heterocycles. The van der Waals surface area contributed by atoms with E-state index in [-0.39, 0.29) is 0 Å². The lowest BCUT2D eigenvalue weighted by atomic mass is 10.1. The van der Waals surface area contributed by atoms with Gasteiger partial charge in [-0.2, -0.15) is 0 Å². The van der Waals surface area contributed by atoms with E-state index in [2.05, 4.69) is 46.5 Å². The maximum atomic E-state index is 4.53. The Morgan fingerprint density at radius 3 is 2.58 bits per heavy atom. The number of benzene rings is 2. The fraction of sp³-hybridized carbons (Fsp3) is 0.188. The molecule has 0 bridgehead atoms. The Morgan fingerprint density at radius 2 is 1.79 bits per heavy atom. The Bertz CT molecular complexity index is 625. The second-order valence-corrected chi connectivity index (χ2v) is 4.84. The van der Waals surface area contributed by atoms with Crippen LogP contribution in [0, 0.1) is 0 Å². The van der Waals surface area contributed by atoms with Crippen LogP contribution in [0.25, 0.3) is 11.0 Å². The maximum Gasteiger partial charge on any atom is 0.201 e. The highest BCUT2D eigenvalue weighted by molar-refractivity contribution is 5.77. The summed E-state index contributed by atoms with van der Waals surface area (Å²) in [6.07, 6.45) is 0.984. The molecule has 1 aromatic heterocycles. The second-order valence-electron chi connectivity index (χ2n) is 4.84. The van der Waals surface area contributed by atoms with Gasteiger partial charge >= 0.3 is 0 Å². The van der Waals surface area contributed by atoms with Gasteiger partial charge < -0.3 is 10.3 Å². The molecule has 3 heteroatoms. The van der Waals surface area contributed by atoms with Gasteiger partial charge in [0.1, 0.15) is 0 Å². The predicted molar refractivity (Wildman–Crippen MR) is 79.3 cm³/mol. The second kappa shape index (κ2) is 5.14. The van der Waals surface area contributed by atoms with Gasteiger partial charge in [-0.05, 0) is 31.0 Å². The molecular weight excluding hydrogens is 234 g/mol. The molecule has 3 aromatic rings. The number of aromatic amines is 1. The van der Waals surface area contributed by atoms with Crippen molar-refractivity contribution < 1.29 is 0 Å². The molecular formula is C16H17N3. The number of fused-ring (bicyclic) bond motifs is 1. The summed E-state index contributed by atoms with van der Waals surface area (Å²) in [6, 6.07) is 18.9. The molecule has 0 spiro atoms. The number of imidazole rings is 1. The zero-order valence-electron chi connectivity index (χ0n) is 10.9. The van der Waals surface area contributed by atoms with E-state index in [9.17, 15) is 0 Å². The van der Waals surface area contributed by atoms with Gasteiger partial charge in [0.05, 0.1) is 11.0 Å². The van der Waals surface area contributed by atoms with Crippen LogP contribution in [0.5, 0.6) is 0 Å². The first-order valence-corrected chi connectivity index (χ1v) is 6.56. The van der Waals surface area contributed by atoms with Crippen molar-refractivity contribution >= 4 is 17.0 Å². The van der Waals surface area contributed by atoms with Crippen molar-refractivity contribution in [3.8, 4) is 0 Å². The summed E-state index contributed by atoms with van der Waals surface area (Å²) in [5.41, 5.74) is 3.40. The summed E-state index contributed by atoms with van der Waals surface area (Å²) in [6.45, 7) is 2.17. The molecule has 0 aliphatic rings. The highest BCUT2D eigenvalue weighted by Gasteiger charge is 2.06. The van der Waals surface area contributed by atoms with E-state index in [1.807, 2.05) is 30.3 Å². The van der Waals surface area contributed by atoms with E-state index in [0.29, 0.717) is 6.04 Å². The van der Waals surface area contributed by atoms with Crippen LogP contribution in [0.3, 0.4) is 0 Å². The predicted octanol–water partition coefficient (Wildman–Crippen LogP) is 3.61. The van der Waals surface area contributed by atoms with Gasteiger partial charge in [-0.25, -0.2) is 4.98 Å². The van der Waals surface area contributed by atoms with E-state index >= 15 is 0 Å². The van der Waals surface area contributed by atoms with Gasteiger partial charge in [-0.1, -0.05) is 42.5 Å². The minimum absolute atomic E-state index is 0.336. The fourth-order valence-electron chi connectivity index (χ4n) is 2.27. The van der Waals surface area contributed by atoms with Gasteiger partial charge in [0.2, 0.25) is 5.95 Å². The lowest BCUT2D eigenvalue weighted by Crippen LogP contribution is -2.18. The van der Waals surface area contributed by atoms with Gasteiger partial charge in [-0.3, -0.25) is 0 Å². The van der Waals surface area contributed by atoms with Crippen molar-refractivity contribution in [2.45, 2.75) is 19.4 Å². The Kier molecular flexibility index (Phi) is 3.19. The molecule has 2 N–H and O–H groups in total. The zero-order valence-corrected chi connectivity index (χ0v) is 10.9. The van der Waals surface area contributed by atoms with Crippen molar-refractivity contribution in [2.75, 3.05) is 5.32 Å². The molecule has 0 radical (unpaired) electrons. The molecule has 19 heavy (non-hydrogen) atoms. The first-order chi connectivity index (χ1) is 9.31. The summed E-state index contributed by atoms with van der Waals surface area (Å²) >= 11 is 0. The molecule has 1 heterocycles. The number of aromatic nitrogens is 2. The average molecular weight is 251 g/mol. The summed E-state index contributed by atoms with van der Waals surface area (Å²) in [4.78, 5) is 7.82. The molecule has 0 amide bonds. The van der Waals surface area contributed by atoms with Crippen LogP contribution in [0.1, 0.15) is 12.5 Å². The topological polar surface area (TPSA) is 40.7 Å². The Balaban J connectivity index is 1.70. The smallest absolute Gasteiger partial charge is 0.201 e. The highest BCUT2D eigenvalue weighted by atomic mass is 15.1. The molecule has 3 rings (SSSR count). The van der Waals surface area contributed by atoms with Crippen LogP contribution in [0.2, 0.25) is 0 Å². The van der Waals surface area contributed by atoms with Gasteiger partial charge in [-0.15, -0.1) is 0 Å². The Morgan fingerprint density at radius 1 is 1.05 bits per heavy atom. The van der Waals surface area contributed by atoms with Crippen LogP contribution in [-0.2, 0) is 6.42 Å². The molecule has 2 aromatic carbocycles. The number of rotatable bonds is 4. The number of para-hydroxylation sites is 2. The Hall–Kier alpha value is -2.29. The standard InChI is InChI=1S/C16H17N3/c1-12(11-13-7-3-2-4-8-13)17-16-18-14-9-5-6-10-15(14)19-16/h2-10,12H,11H2,1H3,(H2,17,18,19). The molecule has 3 nitrogen and oxygen atoms in total. The molecule has 1 atom stereocenters. The monoisotopic (exact) mass is 251 g/mol. The minimum atomic E-state index is 0.336.